The third-order valence-corrected chi connectivity index (χ3v) is 7.94. The number of fused-ring (bicyclic) bond motifs is 3. The second-order valence-electron chi connectivity index (χ2n) is 9.99. The van der Waals surface area contributed by atoms with Crippen molar-refractivity contribution in [2.24, 2.45) is 0 Å². The topological polar surface area (TPSA) is 77.3 Å². The molecule has 8 nitrogen and oxygen atoms in total. The molecule has 3 aliphatic rings. The van der Waals surface area contributed by atoms with Gasteiger partial charge in [0.25, 0.3) is 0 Å². The average Bonchev–Trinajstić information content (AvgIpc) is 3.73. The minimum Gasteiger partial charge on any atom is -0.494 e. The molecule has 2 saturated heterocycles. The fraction of sp³-hybridized carbons (Fsp3) is 0.321. The Balaban J connectivity index is 1.27. The van der Waals surface area contributed by atoms with E-state index in [4.69, 9.17) is 31.0 Å². The van der Waals surface area contributed by atoms with Crippen molar-refractivity contribution in [1.29, 1.82) is 0 Å². The quantitative estimate of drug-likeness (QED) is 0.363. The Morgan fingerprint density at radius 3 is 2.74 bits per heavy atom. The number of hydrogen-bond acceptors (Lipinski definition) is 7. The van der Waals surface area contributed by atoms with E-state index >= 15 is 0 Å². The number of nitrogens with zero attached hydrogens (tertiary/aromatic N) is 5. The summed E-state index contributed by atoms with van der Waals surface area (Å²) in [6.45, 7) is 1.56. The van der Waals surface area contributed by atoms with Gasteiger partial charge in [-0.1, -0.05) is 23.7 Å². The molecule has 2 fully saturated rings. The maximum absolute atomic E-state index is 13.7. The molecule has 1 N–H and O–H groups in total. The van der Waals surface area contributed by atoms with E-state index < -0.39 is 0 Å². The minimum absolute atomic E-state index is 0.0897. The summed E-state index contributed by atoms with van der Waals surface area (Å²) < 4.78 is 27.0. The molecule has 2 bridgehead atoms. The Morgan fingerprint density at radius 1 is 1.16 bits per heavy atom. The maximum atomic E-state index is 13.7. The second kappa shape index (κ2) is 9.25. The summed E-state index contributed by atoms with van der Waals surface area (Å²) in [5.74, 6) is 2.02. The van der Waals surface area contributed by atoms with Crippen LogP contribution in [0.5, 0.6) is 5.75 Å². The summed E-state index contributed by atoms with van der Waals surface area (Å²) in [5.41, 5.74) is 4.87. The SMILES string of the molecule is COc1cc(Nc2nc3c(c(N4CC5CC4CO5)n2)CCC3c2ccc(F)cc2)ccc1-n1cnc(Cl)c1. The van der Waals surface area contributed by atoms with Crippen molar-refractivity contribution in [3.05, 3.63) is 82.8 Å². The fourth-order valence-electron chi connectivity index (χ4n) is 5.94. The number of rotatable bonds is 6. The Kier molecular flexibility index (Phi) is 5.70. The zero-order valence-corrected chi connectivity index (χ0v) is 21.5. The number of hydrogen-bond donors (Lipinski definition) is 1. The molecule has 1 aliphatic carbocycles. The molecule has 0 saturated carbocycles. The van der Waals surface area contributed by atoms with Gasteiger partial charge < -0.3 is 24.3 Å². The van der Waals surface area contributed by atoms with Crippen molar-refractivity contribution in [3.63, 3.8) is 0 Å². The van der Waals surface area contributed by atoms with Crippen LogP contribution in [0.1, 0.15) is 35.6 Å². The maximum Gasteiger partial charge on any atom is 0.229 e. The lowest BCUT2D eigenvalue weighted by Crippen LogP contribution is -2.38. The predicted octanol–water partition coefficient (Wildman–Crippen LogP) is 5.26. The first kappa shape index (κ1) is 23.4. The summed E-state index contributed by atoms with van der Waals surface area (Å²) in [6, 6.07) is 12.9. The van der Waals surface area contributed by atoms with E-state index in [1.165, 1.54) is 17.7 Å². The van der Waals surface area contributed by atoms with Gasteiger partial charge in [-0.25, -0.2) is 14.4 Å². The van der Waals surface area contributed by atoms with Crippen molar-refractivity contribution in [2.45, 2.75) is 37.3 Å². The number of anilines is 3. The van der Waals surface area contributed by atoms with Crippen LogP contribution in [-0.4, -0.2) is 51.9 Å². The smallest absolute Gasteiger partial charge is 0.229 e. The monoisotopic (exact) mass is 532 g/mol. The Hall–Kier alpha value is -3.69. The molecule has 38 heavy (non-hydrogen) atoms. The number of halogens is 2. The zero-order valence-electron chi connectivity index (χ0n) is 20.8. The van der Waals surface area contributed by atoms with Gasteiger partial charge in [0.2, 0.25) is 5.95 Å². The molecule has 2 aromatic heterocycles. The van der Waals surface area contributed by atoms with E-state index in [-0.39, 0.29) is 17.8 Å². The molecule has 2 aliphatic heterocycles. The van der Waals surface area contributed by atoms with Gasteiger partial charge in [0.15, 0.2) is 0 Å². The van der Waals surface area contributed by atoms with Gasteiger partial charge in [-0.15, -0.1) is 0 Å². The van der Waals surface area contributed by atoms with Gasteiger partial charge in [0.05, 0.1) is 37.2 Å². The first-order chi connectivity index (χ1) is 18.6. The molecule has 0 radical (unpaired) electrons. The van der Waals surface area contributed by atoms with Crippen molar-refractivity contribution < 1.29 is 13.9 Å². The van der Waals surface area contributed by atoms with Gasteiger partial charge in [0.1, 0.15) is 28.9 Å². The Morgan fingerprint density at radius 2 is 2.03 bits per heavy atom. The summed E-state index contributed by atoms with van der Waals surface area (Å²) in [5, 5.41) is 3.82. The normalized spacial score (nSPS) is 21.7. The summed E-state index contributed by atoms with van der Waals surface area (Å²) in [7, 11) is 1.63. The predicted molar refractivity (Wildman–Crippen MR) is 142 cm³/mol. The van der Waals surface area contributed by atoms with Crippen LogP contribution >= 0.6 is 11.6 Å². The first-order valence-corrected chi connectivity index (χ1v) is 13.1. The molecule has 194 valence electrons. The van der Waals surface area contributed by atoms with Crippen molar-refractivity contribution in [2.75, 3.05) is 30.5 Å². The lowest BCUT2D eigenvalue weighted by Gasteiger charge is -2.30. The molecular formula is C28H26ClFN6O2. The molecule has 4 heterocycles. The average molecular weight is 533 g/mol. The van der Waals surface area contributed by atoms with Crippen LogP contribution in [0.15, 0.2) is 55.0 Å². The molecule has 10 heteroatoms. The van der Waals surface area contributed by atoms with Gasteiger partial charge in [-0.05, 0) is 49.1 Å². The summed E-state index contributed by atoms with van der Waals surface area (Å²) in [6.07, 6.45) is 6.46. The largest absolute Gasteiger partial charge is 0.494 e. The number of aromatic nitrogens is 4. The lowest BCUT2D eigenvalue weighted by atomic mass is 9.96. The molecule has 4 aromatic rings. The third-order valence-electron chi connectivity index (χ3n) is 7.74. The van der Waals surface area contributed by atoms with E-state index in [9.17, 15) is 4.39 Å². The fourth-order valence-corrected chi connectivity index (χ4v) is 6.09. The number of nitrogens with one attached hydrogen (secondary N) is 1. The van der Waals surface area contributed by atoms with Gasteiger partial charge in [-0.2, -0.15) is 4.98 Å². The van der Waals surface area contributed by atoms with Crippen LogP contribution in [0.4, 0.5) is 21.8 Å². The van der Waals surface area contributed by atoms with E-state index in [0.29, 0.717) is 22.9 Å². The molecular weight excluding hydrogens is 507 g/mol. The van der Waals surface area contributed by atoms with Crippen LogP contribution in [-0.2, 0) is 11.2 Å². The van der Waals surface area contributed by atoms with E-state index in [2.05, 4.69) is 15.2 Å². The highest BCUT2D eigenvalue weighted by atomic mass is 35.5. The Bertz CT molecular complexity index is 1510. The van der Waals surface area contributed by atoms with Crippen LogP contribution in [0, 0.1) is 5.82 Å². The van der Waals surface area contributed by atoms with E-state index in [1.54, 1.807) is 19.6 Å². The van der Waals surface area contributed by atoms with E-state index in [0.717, 1.165) is 60.9 Å². The molecule has 0 amide bonds. The lowest BCUT2D eigenvalue weighted by molar-refractivity contribution is 0.0988. The summed E-state index contributed by atoms with van der Waals surface area (Å²) in [4.78, 5) is 16.5. The van der Waals surface area contributed by atoms with Crippen LogP contribution < -0.4 is 15.0 Å². The summed E-state index contributed by atoms with van der Waals surface area (Å²) >= 11 is 6.01. The second-order valence-corrected chi connectivity index (χ2v) is 10.4. The van der Waals surface area contributed by atoms with Gasteiger partial charge in [0, 0.05) is 36.0 Å². The number of methoxy groups -OCH3 is 1. The van der Waals surface area contributed by atoms with Crippen LogP contribution in [0.3, 0.4) is 0 Å². The van der Waals surface area contributed by atoms with Gasteiger partial charge >= 0.3 is 0 Å². The molecule has 3 unspecified atom stereocenters. The highest BCUT2D eigenvalue weighted by Crippen LogP contribution is 2.44. The molecule has 2 aromatic carbocycles. The van der Waals surface area contributed by atoms with Gasteiger partial charge in [-0.3, -0.25) is 0 Å². The van der Waals surface area contributed by atoms with Crippen molar-refractivity contribution >= 4 is 29.1 Å². The third kappa shape index (κ3) is 4.06. The first-order valence-electron chi connectivity index (χ1n) is 12.7. The van der Waals surface area contributed by atoms with Crippen LogP contribution in [0.2, 0.25) is 5.15 Å². The number of benzene rings is 2. The van der Waals surface area contributed by atoms with Crippen molar-refractivity contribution in [1.82, 2.24) is 19.5 Å². The number of ether oxygens (including phenoxy) is 2. The van der Waals surface area contributed by atoms with E-state index in [1.807, 2.05) is 34.9 Å². The minimum atomic E-state index is -0.235. The van der Waals surface area contributed by atoms with Crippen molar-refractivity contribution in [3.8, 4) is 11.4 Å². The number of morpholine rings is 1. The molecule has 7 rings (SSSR count). The van der Waals surface area contributed by atoms with Crippen LogP contribution in [0.25, 0.3) is 5.69 Å². The Labute approximate surface area is 224 Å². The highest BCUT2D eigenvalue weighted by molar-refractivity contribution is 6.29. The number of imidazole rings is 1. The molecule has 0 spiro atoms. The zero-order chi connectivity index (χ0) is 25.8. The molecule has 3 atom stereocenters. The highest BCUT2D eigenvalue weighted by Gasteiger charge is 2.42. The standard InChI is InChI=1S/C28H26ClFN6O2/c1-37-24-10-18(6-9-23(24)35-13-25(29)31-15-35)32-28-33-26-21(16-2-4-17(30)5-3-16)7-8-22(26)27(34-28)36-12-20-11-19(36)14-38-20/h2-6,9-10,13,15,19-21H,7-8,11-12,14H2,1H3,(H,32,33,34).